The summed E-state index contributed by atoms with van der Waals surface area (Å²) in [6.45, 7) is 0. The van der Waals surface area contributed by atoms with Crippen LogP contribution < -0.4 is 0 Å². The molecule has 18 heavy (non-hydrogen) atoms. The van der Waals surface area contributed by atoms with Crippen molar-refractivity contribution in [1.82, 2.24) is 0 Å². The second-order valence-electron chi connectivity index (χ2n) is 3.92. The second-order valence-corrected chi connectivity index (χ2v) is 3.92. The van der Waals surface area contributed by atoms with Gasteiger partial charge in [-0.05, 0) is 5.56 Å². The summed E-state index contributed by atoms with van der Waals surface area (Å²) < 4.78 is 0. The van der Waals surface area contributed by atoms with Gasteiger partial charge >= 0.3 is 0 Å². The summed E-state index contributed by atoms with van der Waals surface area (Å²) >= 11 is 0. The highest BCUT2D eigenvalue weighted by molar-refractivity contribution is 6.00. The average molecular weight is 240 g/mol. The summed E-state index contributed by atoms with van der Waals surface area (Å²) in [5.41, 5.74) is 1.44. The van der Waals surface area contributed by atoms with Gasteiger partial charge in [-0.2, -0.15) is 0 Å². The Morgan fingerprint density at radius 1 is 1.00 bits per heavy atom. The number of ketones is 1. The van der Waals surface area contributed by atoms with Gasteiger partial charge in [-0.1, -0.05) is 54.6 Å². The first kappa shape index (κ1) is 12.2. The standard InChI is InChI=1S/C15H12O3/c16-10-11-6-8-13(9-7-11)15(18)14(17)12-4-2-1-3-5-12/h1-10,14,17H. The first-order chi connectivity index (χ1) is 8.72. The van der Waals surface area contributed by atoms with Crippen molar-refractivity contribution in [3.63, 3.8) is 0 Å². The van der Waals surface area contributed by atoms with E-state index in [0.717, 1.165) is 0 Å². The molecular formula is C15H12O3. The normalized spacial score (nSPS) is 11.8. The van der Waals surface area contributed by atoms with Crippen LogP contribution >= 0.6 is 0 Å². The van der Waals surface area contributed by atoms with Gasteiger partial charge in [0.05, 0.1) is 0 Å². The molecule has 0 heterocycles. The van der Waals surface area contributed by atoms with Crippen LogP contribution in [-0.2, 0) is 0 Å². The molecule has 1 atom stereocenters. The van der Waals surface area contributed by atoms with E-state index < -0.39 is 6.10 Å². The third-order valence-corrected chi connectivity index (χ3v) is 2.69. The summed E-state index contributed by atoms with van der Waals surface area (Å²) in [6, 6.07) is 14.9. The van der Waals surface area contributed by atoms with E-state index in [4.69, 9.17) is 0 Å². The van der Waals surface area contributed by atoms with Gasteiger partial charge in [0.1, 0.15) is 12.4 Å². The smallest absolute Gasteiger partial charge is 0.195 e. The first-order valence-electron chi connectivity index (χ1n) is 5.55. The van der Waals surface area contributed by atoms with Gasteiger partial charge in [0.15, 0.2) is 5.78 Å². The second kappa shape index (κ2) is 5.38. The van der Waals surface area contributed by atoms with E-state index in [2.05, 4.69) is 0 Å². The molecule has 0 aliphatic carbocycles. The van der Waals surface area contributed by atoms with Crippen molar-refractivity contribution < 1.29 is 14.7 Å². The minimum absolute atomic E-state index is 0.376. The molecule has 0 radical (unpaired) electrons. The molecule has 0 aliphatic rings. The van der Waals surface area contributed by atoms with Crippen molar-refractivity contribution in [2.45, 2.75) is 6.10 Å². The zero-order valence-electron chi connectivity index (χ0n) is 9.61. The molecule has 1 unspecified atom stereocenters. The molecule has 0 bridgehead atoms. The van der Waals surface area contributed by atoms with Crippen molar-refractivity contribution in [2.75, 3.05) is 0 Å². The lowest BCUT2D eigenvalue weighted by Gasteiger charge is -2.09. The summed E-state index contributed by atoms with van der Waals surface area (Å²) in [4.78, 5) is 22.5. The molecule has 0 aromatic heterocycles. The highest BCUT2D eigenvalue weighted by Gasteiger charge is 2.18. The Bertz CT molecular complexity index is 544. The third kappa shape index (κ3) is 2.52. The fourth-order valence-corrected chi connectivity index (χ4v) is 1.67. The number of carbonyl (C=O) groups is 2. The predicted molar refractivity (Wildman–Crippen MR) is 67.6 cm³/mol. The fourth-order valence-electron chi connectivity index (χ4n) is 1.67. The Balaban J connectivity index is 2.23. The number of aldehydes is 1. The maximum Gasteiger partial charge on any atom is 0.195 e. The molecule has 2 rings (SSSR count). The lowest BCUT2D eigenvalue weighted by atomic mass is 9.99. The summed E-state index contributed by atoms with van der Waals surface area (Å²) in [5.74, 6) is -0.376. The Morgan fingerprint density at radius 3 is 2.17 bits per heavy atom. The quantitative estimate of drug-likeness (QED) is 0.659. The number of hydrogen-bond donors (Lipinski definition) is 1. The van der Waals surface area contributed by atoms with Gasteiger partial charge in [0.2, 0.25) is 0 Å². The van der Waals surface area contributed by atoms with Crippen LogP contribution in [0.3, 0.4) is 0 Å². The van der Waals surface area contributed by atoms with Crippen molar-refractivity contribution >= 4 is 12.1 Å². The van der Waals surface area contributed by atoms with Crippen molar-refractivity contribution in [1.29, 1.82) is 0 Å². The van der Waals surface area contributed by atoms with E-state index in [1.54, 1.807) is 36.4 Å². The van der Waals surface area contributed by atoms with Crippen LogP contribution in [0.15, 0.2) is 54.6 Å². The van der Waals surface area contributed by atoms with E-state index in [0.29, 0.717) is 23.0 Å². The highest BCUT2D eigenvalue weighted by Crippen LogP contribution is 2.18. The molecule has 0 aliphatic heterocycles. The Kier molecular flexibility index (Phi) is 3.65. The van der Waals surface area contributed by atoms with Crippen LogP contribution in [0.25, 0.3) is 0 Å². The van der Waals surface area contributed by atoms with Crippen LogP contribution in [-0.4, -0.2) is 17.2 Å². The fraction of sp³-hybridized carbons (Fsp3) is 0.0667. The lowest BCUT2D eigenvalue weighted by Crippen LogP contribution is -2.12. The molecule has 3 nitrogen and oxygen atoms in total. The van der Waals surface area contributed by atoms with E-state index in [1.165, 1.54) is 12.1 Å². The molecule has 2 aromatic carbocycles. The lowest BCUT2D eigenvalue weighted by molar-refractivity contribution is 0.0747. The van der Waals surface area contributed by atoms with Crippen LogP contribution in [0, 0.1) is 0 Å². The highest BCUT2D eigenvalue weighted by atomic mass is 16.3. The minimum atomic E-state index is -1.17. The molecule has 0 fully saturated rings. The predicted octanol–water partition coefficient (Wildman–Crippen LogP) is 2.42. The first-order valence-corrected chi connectivity index (χ1v) is 5.55. The number of hydrogen-bond acceptors (Lipinski definition) is 3. The number of rotatable bonds is 4. The monoisotopic (exact) mass is 240 g/mol. The summed E-state index contributed by atoms with van der Waals surface area (Å²) in [6.07, 6.45) is -0.463. The zero-order valence-corrected chi connectivity index (χ0v) is 9.61. The molecule has 90 valence electrons. The van der Waals surface area contributed by atoms with Gasteiger partial charge < -0.3 is 5.11 Å². The minimum Gasteiger partial charge on any atom is -0.380 e. The van der Waals surface area contributed by atoms with E-state index in [1.807, 2.05) is 6.07 Å². The number of Topliss-reactive ketones (excluding diaryl/α,β-unsaturated/α-hetero) is 1. The van der Waals surface area contributed by atoms with Crippen LogP contribution in [0.1, 0.15) is 32.4 Å². The summed E-state index contributed by atoms with van der Waals surface area (Å²) in [7, 11) is 0. The van der Waals surface area contributed by atoms with E-state index in [9.17, 15) is 14.7 Å². The van der Waals surface area contributed by atoms with Gasteiger partial charge in [-0.3, -0.25) is 9.59 Å². The number of carbonyl (C=O) groups excluding carboxylic acids is 2. The molecular weight excluding hydrogens is 228 g/mol. The van der Waals surface area contributed by atoms with Gasteiger partial charge in [-0.25, -0.2) is 0 Å². The SMILES string of the molecule is O=Cc1ccc(C(=O)C(O)c2ccccc2)cc1. The molecule has 0 saturated heterocycles. The average Bonchev–Trinajstić information content (AvgIpc) is 2.47. The van der Waals surface area contributed by atoms with E-state index in [-0.39, 0.29) is 5.78 Å². The maximum atomic E-state index is 12.0. The Morgan fingerprint density at radius 2 is 1.61 bits per heavy atom. The zero-order chi connectivity index (χ0) is 13.0. The third-order valence-electron chi connectivity index (χ3n) is 2.69. The molecule has 0 amide bonds. The number of aliphatic hydroxyl groups is 1. The Hall–Kier alpha value is -2.26. The molecule has 3 heteroatoms. The number of aliphatic hydroxyl groups excluding tert-OH is 1. The molecule has 0 saturated carbocycles. The molecule has 2 aromatic rings. The topological polar surface area (TPSA) is 54.4 Å². The van der Waals surface area contributed by atoms with Gasteiger partial charge in [-0.15, -0.1) is 0 Å². The van der Waals surface area contributed by atoms with Crippen molar-refractivity contribution in [2.24, 2.45) is 0 Å². The molecule has 0 spiro atoms. The number of benzene rings is 2. The Labute approximate surface area is 105 Å². The largest absolute Gasteiger partial charge is 0.380 e. The summed E-state index contributed by atoms with van der Waals surface area (Å²) in [5, 5.41) is 9.95. The molecule has 1 N–H and O–H groups in total. The van der Waals surface area contributed by atoms with Crippen molar-refractivity contribution in [3.05, 3.63) is 71.3 Å². The van der Waals surface area contributed by atoms with Crippen LogP contribution in [0.4, 0.5) is 0 Å². The van der Waals surface area contributed by atoms with Crippen LogP contribution in [0.5, 0.6) is 0 Å². The van der Waals surface area contributed by atoms with E-state index >= 15 is 0 Å². The van der Waals surface area contributed by atoms with Gasteiger partial charge in [0, 0.05) is 11.1 Å². The maximum absolute atomic E-state index is 12.0. The van der Waals surface area contributed by atoms with Crippen LogP contribution in [0.2, 0.25) is 0 Å². The van der Waals surface area contributed by atoms with Crippen molar-refractivity contribution in [3.8, 4) is 0 Å². The van der Waals surface area contributed by atoms with Gasteiger partial charge in [0.25, 0.3) is 0 Å².